The Morgan fingerprint density at radius 3 is 2.44 bits per heavy atom. The van der Waals surface area contributed by atoms with E-state index in [9.17, 15) is 0 Å². The Morgan fingerprint density at radius 2 is 1.76 bits per heavy atom. The summed E-state index contributed by atoms with van der Waals surface area (Å²) in [5, 5.41) is 6.48. The number of benzene rings is 2. The predicted molar refractivity (Wildman–Crippen MR) is 99.7 cm³/mol. The third kappa shape index (κ3) is 5.91. The summed E-state index contributed by atoms with van der Waals surface area (Å²) in [6, 6.07) is 15.5. The van der Waals surface area contributed by atoms with Crippen LogP contribution in [0.15, 0.2) is 53.5 Å². The maximum Gasteiger partial charge on any atom is 0.191 e. The molecular weight excluding hydrogens is 318 g/mol. The quantitative estimate of drug-likeness (QED) is 0.438. The summed E-state index contributed by atoms with van der Waals surface area (Å²) < 4.78 is 16.3. The van der Waals surface area contributed by atoms with Crippen LogP contribution in [0.5, 0.6) is 17.2 Å². The Kier molecular flexibility index (Phi) is 7.43. The van der Waals surface area contributed by atoms with E-state index in [0.29, 0.717) is 25.7 Å². The fourth-order valence-corrected chi connectivity index (χ4v) is 2.25. The van der Waals surface area contributed by atoms with Crippen LogP contribution < -0.4 is 24.8 Å². The highest BCUT2D eigenvalue weighted by Gasteiger charge is 2.06. The Bertz CT molecular complexity index is 675. The molecule has 2 rings (SSSR count). The van der Waals surface area contributed by atoms with Gasteiger partial charge in [0.2, 0.25) is 0 Å². The van der Waals surface area contributed by atoms with Gasteiger partial charge in [-0.1, -0.05) is 18.2 Å². The Hall–Kier alpha value is -2.89. The van der Waals surface area contributed by atoms with Gasteiger partial charge in [-0.15, -0.1) is 0 Å². The normalized spacial score (nSPS) is 10.9. The summed E-state index contributed by atoms with van der Waals surface area (Å²) in [6.45, 7) is 1.79. The van der Waals surface area contributed by atoms with Crippen molar-refractivity contribution in [3.63, 3.8) is 0 Å². The molecule has 0 saturated heterocycles. The van der Waals surface area contributed by atoms with Gasteiger partial charge in [-0.25, -0.2) is 0 Å². The minimum Gasteiger partial charge on any atom is -0.497 e. The zero-order chi connectivity index (χ0) is 17.9. The van der Waals surface area contributed by atoms with E-state index in [-0.39, 0.29) is 0 Å². The molecule has 0 saturated carbocycles. The number of nitrogens with zero attached hydrogens (tertiary/aromatic N) is 1. The number of methoxy groups -OCH3 is 2. The molecule has 0 aliphatic carbocycles. The average molecular weight is 343 g/mol. The number of ether oxygens (including phenoxy) is 3. The predicted octanol–water partition coefficient (Wildman–Crippen LogP) is 2.45. The van der Waals surface area contributed by atoms with Gasteiger partial charge in [0, 0.05) is 25.2 Å². The van der Waals surface area contributed by atoms with Crippen LogP contribution in [-0.2, 0) is 6.54 Å². The average Bonchev–Trinajstić information content (AvgIpc) is 2.68. The van der Waals surface area contributed by atoms with E-state index in [2.05, 4.69) is 15.6 Å². The highest BCUT2D eigenvalue weighted by molar-refractivity contribution is 5.79. The van der Waals surface area contributed by atoms with Gasteiger partial charge in [-0.2, -0.15) is 0 Å². The van der Waals surface area contributed by atoms with Crippen LogP contribution in [0.1, 0.15) is 5.56 Å². The molecule has 0 atom stereocenters. The zero-order valence-electron chi connectivity index (χ0n) is 14.9. The van der Waals surface area contributed by atoms with Crippen LogP contribution in [0.3, 0.4) is 0 Å². The number of hydrogen-bond acceptors (Lipinski definition) is 4. The Balaban J connectivity index is 1.78. The number of para-hydroxylation sites is 1. The second kappa shape index (κ2) is 10.1. The van der Waals surface area contributed by atoms with Gasteiger partial charge in [0.25, 0.3) is 0 Å². The van der Waals surface area contributed by atoms with E-state index < -0.39 is 0 Å². The van der Waals surface area contributed by atoms with E-state index in [4.69, 9.17) is 14.2 Å². The van der Waals surface area contributed by atoms with Crippen molar-refractivity contribution in [2.75, 3.05) is 34.4 Å². The molecule has 6 nitrogen and oxygen atoms in total. The Morgan fingerprint density at radius 1 is 0.960 bits per heavy atom. The van der Waals surface area contributed by atoms with E-state index in [1.807, 2.05) is 48.5 Å². The number of rotatable bonds is 8. The topological polar surface area (TPSA) is 64.1 Å². The summed E-state index contributed by atoms with van der Waals surface area (Å²) >= 11 is 0. The third-order valence-electron chi connectivity index (χ3n) is 3.57. The first-order valence-corrected chi connectivity index (χ1v) is 8.10. The fourth-order valence-electron chi connectivity index (χ4n) is 2.25. The SMILES string of the molecule is CN=C(NCCOc1ccccc1)NCc1ccc(OC)cc1OC. The maximum atomic E-state index is 5.65. The van der Waals surface area contributed by atoms with Crippen molar-refractivity contribution in [1.82, 2.24) is 10.6 Å². The zero-order valence-corrected chi connectivity index (χ0v) is 14.9. The van der Waals surface area contributed by atoms with E-state index in [0.717, 1.165) is 22.8 Å². The Labute approximate surface area is 148 Å². The largest absolute Gasteiger partial charge is 0.497 e. The summed E-state index contributed by atoms with van der Waals surface area (Å²) in [4.78, 5) is 4.21. The van der Waals surface area contributed by atoms with Crippen LogP contribution in [0.25, 0.3) is 0 Å². The van der Waals surface area contributed by atoms with Crippen molar-refractivity contribution in [3.05, 3.63) is 54.1 Å². The standard InChI is InChI=1S/C19H25N3O3/c1-20-19(21-11-12-25-16-7-5-4-6-8-16)22-14-15-9-10-17(23-2)13-18(15)24-3/h4-10,13H,11-12,14H2,1-3H3,(H2,20,21,22). The minimum atomic E-state index is 0.552. The molecule has 2 aromatic rings. The molecule has 6 heteroatoms. The van der Waals surface area contributed by atoms with Crippen molar-refractivity contribution < 1.29 is 14.2 Å². The number of guanidine groups is 1. The molecule has 0 bridgehead atoms. The van der Waals surface area contributed by atoms with Gasteiger partial charge in [-0.05, 0) is 24.3 Å². The maximum absolute atomic E-state index is 5.65. The van der Waals surface area contributed by atoms with Gasteiger partial charge >= 0.3 is 0 Å². The van der Waals surface area contributed by atoms with E-state index in [1.54, 1.807) is 21.3 Å². The fraction of sp³-hybridized carbons (Fsp3) is 0.316. The highest BCUT2D eigenvalue weighted by Crippen LogP contribution is 2.24. The smallest absolute Gasteiger partial charge is 0.191 e. The number of nitrogens with one attached hydrogen (secondary N) is 2. The molecule has 2 aromatic carbocycles. The first-order chi connectivity index (χ1) is 12.3. The molecule has 0 aromatic heterocycles. The van der Waals surface area contributed by atoms with Crippen LogP contribution in [0.2, 0.25) is 0 Å². The molecule has 25 heavy (non-hydrogen) atoms. The molecule has 0 fully saturated rings. The molecule has 0 unspecified atom stereocenters. The van der Waals surface area contributed by atoms with Gasteiger partial charge in [0.1, 0.15) is 23.9 Å². The second-order valence-electron chi connectivity index (χ2n) is 5.19. The van der Waals surface area contributed by atoms with Gasteiger partial charge in [0.15, 0.2) is 5.96 Å². The summed E-state index contributed by atoms with van der Waals surface area (Å²) in [5.74, 6) is 3.10. The van der Waals surface area contributed by atoms with E-state index in [1.165, 1.54) is 0 Å². The lowest BCUT2D eigenvalue weighted by molar-refractivity contribution is 0.322. The van der Waals surface area contributed by atoms with Crippen LogP contribution in [0, 0.1) is 0 Å². The molecule has 0 aliphatic heterocycles. The van der Waals surface area contributed by atoms with Gasteiger partial charge < -0.3 is 24.8 Å². The van der Waals surface area contributed by atoms with Gasteiger partial charge in [-0.3, -0.25) is 4.99 Å². The number of aliphatic imine (C=N–C) groups is 1. The van der Waals surface area contributed by atoms with Gasteiger partial charge in [0.05, 0.1) is 20.8 Å². The summed E-state index contributed by atoms with van der Waals surface area (Å²) in [7, 11) is 5.01. The highest BCUT2D eigenvalue weighted by atomic mass is 16.5. The molecule has 0 radical (unpaired) electrons. The van der Waals surface area contributed by atoms with Crippen LogP contribution in [0.4, 0.5) is 0 Å². The molecule has 0 heterocycles. The molecule has 0 aliphatic rings. The lowest BCUT2D eigenvalue weighted by atomic mass is 10.2. The molecule has 0 spiro atoms. The molecule has 134 valence electrons. The minimum absolute atomic E-state index is 0.552. The lowest BCUT2D eigenvalue weighted by Crippen LogP contribution is -2.38. The first-order valence-electron chi connectivity index (χ1n) is 8.10. The first kappa shape index (κ1) is 18.4. The summed E-state index contributed by atoms with van der Waals surface area (Å²) in [6.07, 6.45) is 0. The second-order valence-corrected chi connectivity index (χ2v) is 5.19. The molecular formula is C19H25N3O3. The molecule has 0 amide bonds. The van der Waals surface area contributed by atoms with Crippen molar-refractivity contribution in [1.29, 1.82) is 0 Å². The van der Waals surface area contributed by atoms with Crippen molar-refractivity contribution >= 4 is 5.96 Å². The van der Waals surface area contributed by atoms with Crippen molar-refractivity contribution in [3.8, 4) is 17.2 Å². The summed E-state index contributed by atoms with van der Waals surface area (Å²) in [5.41, 5.74) is 1.02. The van der Waals surface area contributed by atoms with Crippen molar-refractivity contribution in [2.45, 2.75) is 6.54 Å². The van der Waals surface area contributed by atoms with E-state index >= 15 is 0 Å². The van der Waals surface area contributed by atoms with Crippen LogP contribution >= 0.6 is 0 Å². The third-order valence-corrected chi connectivity index (χ3v) is 3.57. The van der Waals surface area contributed by atoms with Crippen LogP contribution in [-0.4, -0.2) is 40.4 Å². The lowest BCUT2D eigenvalue weighted by Gasteiger charge is -2.14. The monoisotopic (exact) mass is 343 g/mol. The number of hydrogen-bond donors (Lipinski definition) is 2. The van der Waals surface area contributed by atoms with Crippen molar-refractivity contribution in [2.24, 2.45) is 4.99 Å². The molecule has 2 N–H and O–H groups in total.